The van der Waals surface area contributed by atoms with Crippen LogP contribution in [-0.2, 0) is 4.79 Å². The van der Waals surface area contributed by atoms with E-state index in [0.29, 0.717) is 12.4 Å². The van der Waals surface area contributed by atoms with Gasteiger partial charge in [0.1, 0.15) is 11.5 Å². The first kappa shape index (κ1) is 23.9. The highest BCUT2D eigenvalue weighted by molar-refractivity contribution is 6.01. The maximum atomic E-state index is 12.3. The smallest absolute Gasteiger partial charge is 0.337 e. The Hall–Kier alpha value is -4.20. The fraction of sp³-hybridized carbons (Fsp3) is 0.259. The number of nitrogens with one attached hydrogen (secondary N) is 1. The lowest BCUT2D eigenvalue weighted by Gasteiger charge is -2.38. The van der Waals surface area contributed by atoms with E-state index >= 15 is 0 Å². The predicted octanol–water partition coefficient (Wildman–Crippen LogP) is 4.13. The van der Waals surface area contributed by atoms with Crippen molar-refractivity contribution in [1.29, 1.82) is 0 Å². The topological polar surface area (TPSA) is 91.3 Å². The zero-order valence-electron chi connectivity index (χ0n) is 19.6. The molecular formula is C27H29N3O5. The fourth-order valence-corrected chi connectivity index (χ4v) is 4.07. The number of anilines is 3. The summed E-state index contributed by atoms with van der Waals surface area (Å²) in [6, 6.07) is 22.1. The molecule has 8 nitrogen and oxygen atoms in total. The molecule has 3 aromatic carbocycles. The second kappa shape index (κ2) is 11.3. The number of nitrogens with zero attached hydrogens (tertiary/aromatic N) is 2. The van der Waals surface area contributed by atoms with E-state index in [1.165, 1.54) is 0 Å². The highest BCUT2D eigenvalue weighted by Crippen LogP contribution is 2.30. The first-order chi connectivity index (χ1) is 17.0. The molecule has 0 aromatic heterocycles. The van der Waals surface area contributed by atoms with Crippen molar-refractivity contribution < 1.29 is 24.2 Å². The van der Waals surface area contributed by atoms with Crippen LogP contribution in [0.4, 0.5) is 17.1 Å². The number of hydrogen-bond acceptors (Lipinski definition) is 6. The third-order valence-corrected chi connectivity index (χ3v) is 5.77. The van der Waals surface area contributed by atoms with Gasteiger partial charge in [0.15, 0.2) is 6.61 Å². The van der Waals surface area contributed by atoms with Crippen molar-refractivity contribution in [3.63, 3.8) is 0 Å². The third-order valence-electron chi connectivity index (χ3n) is 5.77. The van der Waals surface area contributed by atoms with Crippen LogP contribution in [-0.4, -0.2) is 56.4 Å². The Morgan fingerprint density at radius 1 is 0.886 bits per heavy atom. The van der Waals surface area contributed by atoms with Crippen molar-refractivity contribution in [2.75, 3.05) is 54.5 Å². The van der Waals surface area contributed by atoms with E-state index in [-0.39, 0.29) is 17.9 Å². The normalized spacial score (nSPS) is 13.3. The number of aromatic carboxylic acids is 1. The van der Waals surface area contributed by atoms with Crippen LogP contribution in [0.25, 0.3) is 0 Å². The van der Waals surface area contributed by atoms with Gasteiger partial charge in [-0.05, 0) is 49.4 Å². The van der Waals surface area contributed by atoms with Crippen LogP contribution < -0.4 is 24.6 Å². The first-order valence-electron chi connectivity index (χ1n) is 11.6. The Kier molecular flexibility index (Phi) is 7.72. The van der Waals surface area contributed by atoms with E-state index in [1.54, 1.807) is 24.3 Å². The van der Waals surface area contributed by atoms with Gasteiger partial charge in [0, 0.05) is 31.9 Å². The number of para-hydroxylation sites is 3. The molecule has 2 N–H and O–H groups in total. The van der Waals surface area contributed by atoms with E-state index in [2.05, 4.69) is 21.2 Å². The number of ether oxygens (including phenoxy) is 2. The average Bonchev–Trinajstić information content (AvgIpc) is 2.89. The Bertz CT molecular complexity index is 1160. The lowest BCUT2D eigenvalue weighted by atomic mass is 10.1. The summed E-state index contributed by atoms with van der Waals surface area (Å²) in [5.41, 5.74) is 2.15. The minimum atomic E-state index is -1.10. The standard InChI is InChI=1S/C27H29N3O5/c1-2-34-25-11-7-6-10-24(25)30-16-14-29(15-17-30)20-12-13-23(22(18-20)27(32)33)28-26(31)19-35-21-8-4-3-5-9-21/h3-13,18H,2,14-17,19H2,1H3,(H,28,31)(H,32,33). The molecule has 0 bridgehead atoms. The Labute approximate surface area is 204 Å². The van der Waals surface area contributed by atoms with Crippen LogP contribution in [0.15, 0.2) is 72.8 Å². The van der Waals surface area contributed by atoms with Crippen LogP contribution in [0.3, 0.4) is 0 Å². The number of rotatable bonds is 9. The van der Waals surface area contributed by atoms with Gasteiger partial charge in [-0.25, -0.2) is 4.79 Å². The van der Waals surface area contributed by atoms with E-state index < -0.39 is 11.9 Å². The van der Waals surface area contributed by atoms with E-state index in [0.717, 1.165) is 43.3 Å². The molecule has 3 aromatic rings. The summed E-state index contributed by atoms with van der Waals surface area (Å²) >= 11 is 0. The largest absolute Gasteiger partial charge is 0.492 e. The van der Waals surface area contributed by atoms with Gasteiger partial charge in [0.25, 0.3) is 5.91 Å². The summed E-state index contributed by atoms with van der Waals surface area (Å²) in [4.78, 5) is 28.7. The number of amides is 1. The highest BCUT2D eigenvalue weighted by Gasteiger charge is 2.22. The number of carbonyl (C=O) groups is 2. The number of benzene rings is 3. The van der Waals surface area contributed by atoms with Crippen molar-refractivity contribution in [3.05, 3.63) is 78.4 Å². The van der Waals surface area contributed by atoms with Gasteiger partial charge in [-0.3, -0.25) is 4.79 Å². The SMILES string of the molecule is CCOc1ccccc1N1CCN(c2ccc(NC(=O)COc3ccccc3)c(C(=O)O)c2)CC1. The summed E-state index contributed by atoms with van der Waals surface area (Å²) in [5, 5.41) is 12.4. The molecule has 0 radical (unpaired) electrons. The number of carboxylic acids is 1. The molecule has 35 heavy (non-hydrogen) atoms. The van der Waals surface area contributed by atoms with Crippen LogP contribution in [0.1, 0.15) is 17.3 Å². The lowest BCUT2D eigenvalue weighted by Crippen LogP contribution is -2.46. The summed E-state index contributed by atoms with van der Waals surface area (Å²) < 4.78 is 11.2. The molecule has 1 heterocycles. The number of piperazine rings is 1. The minimum absolute atomic E-state index is 0.0414. The zero-order chi connectivity index (χ0) is 24.6. The molecule has 0 spiro atoms. The van der Waals surface area contributed by atoms with Crippen molar-refractivity contribution in [3.8, 4) is 11.5 Å². The number of carbonyl (C=O) groups excluding carboxylic acids is 1. The van der Waals surface area contributed by atoms with Crippen molar-refractivity contribution in [2.24, 2.45) is 0 Å². The van der Waals surface area contributed by atoms with Gasteiger partial charge in [-0.1, -0.05) is 30.3 Å². The maximum absolute atomic E-state index is 12.3. The third kappa shape index (κ3) is 6.03. The Morgan fingerprint density at radius 3 is 2.29 bits per heavy atom. The lowest BCUT2D eigenvalue weighted by molar-refractivity contribution is -0.118. The predicted molar refractivity (Wildman–Crippen MR) is 136 cm³/mol. The average molecular weight is 476 g/mol. The monoisotopic (exact) mass is 475 g/mol. The van der Waals surface area contributed by atoms with Crippen LogP contribution >= 0.6 is 0 Å². The van der Waals surface area contributed by atoms with Gasteiger partial charge in [0.05, 0.1) is 23.5 Å². The van der Waals surface area contributed by atoms with E-state index in [1.807, 2.05) is 49.4 Å². The second-order valence-electron chi connectivity index (χ2n) is 8.06. The van der Waals surface area contributed by atoms with Gasteiger partial charge in [-0.2, -0.15) is 0 Å². The van der Waals surface area contributed by atoms with Crippen molar-refractivity contribution >= 4 is 28.9 Å². The summed E-state index contributed by atoms with van der Waals surface area (Å²) in [7, 11) is 0. The maximum Gasteiger partial charge on any atom is 0.337 e. The van der Waals surface area contributed by atoms with E-state index in [9.17, 15) is 14.7 Å². The summed E-state index contributed by atoms with van der Waals surface area (Å²) in [6.45, 7) is 5.39. The molecule has 1 saturated heterocycles. The second-order valence-corrected chi connectivity index (χ2v) is 8.06. The molecule has 0 aliphatic carbocycles. The quantitative estimate of drug-likeness (QED) is 0.481. The number of carboxylic acid groups (broad SMARTS) is 1. The molecular weight excluding hydrogens is 446 g/mol. The first-order valence-corrected chi connectivity index (χ1v) is 11.6. The van der Waals surface area contributed by atoms with Crippen LogP contribution in [0.5, 0.6) is 11.5 Å². The Morgan fingerprint density at radius 2 is 1.57 bits per heavy atom. The summed E-state index contributed by atoms with van der Waals surface area (Å²) in [5.74, 6) is -0.0893. The molecule has 1 aliphatic heterocycles. The van der Waals surface area contributed by atoms with Crippen LogP contribution in [0.2, 0.25) is 0 Å². The fourth-order valence-electron chi connectivity index (χ4n) is 4.07. The molecule has 8 heteroatoms. The van der Waals surface area contributed by atoms with Gasteiger partial charge >= 0.3 is 5.97 Å². The highest BCUT2D eigenvalue weighted by atomic mass is 16.5. The molecule has 1 amide bonds. The summed E-state index contributed by atoms with van der Waals surface area (Å²) in [6.07, 6.45) is 0. The van der Waals surface area contributed by atoms with E-state index in [4.69, 9.17) is 9.47 Å². The zero-order valence-corrected chi connectivity index (χ0v) is 19.6. The van der Waals surface area contributed by atoms with Crippen LogP contribution in [0, 0.1) is 0 Å². The molecule has 182 valence electrons. The van der Waals surface area contributed by atoms with Gasteiger partial charge < -0.3 is 29.7 Å². The molecule has 1 fully saturated rings. The molecule has 4 rings (SSSR count). The Balaban J connectivity index is 1.40. The molecule has 0 atom stereocenters. The number of hydrogen-bond donors (Lipinski definition) is 2. The van der Waals surface area contributed by atoms with Gasteiger partial charge in [-0.15, -0.1) is 0 Å². The minimum Gasteiger partial charge on any atom is -0.492 e. The molecule has 1 aliphatic rings. The van der Waals surface area contributed by atoms with Crippen molar-refractivity contribution in [1.82, 2.24) is 0 Å². The molecule has 0 saturated carbocycles. The molecule has 0 unspecified atom stereocenters. The van der Waals surface area contributed by atoms with Crippen molar-refractivity contribution in [2.45, 2.75) is 6.92 Å². The van der Waals surface area contributed by atoms with Gasteiger partial charge in [0.2, 0.25) is 0 Å².